The van der Waals surface area contributed by atoms with Crippen LogP contribution >= 0.6 is 0 Å². The van der Waals surface area contributed by atoms with Crippen LogP contribution in [0.25, 0.3) is 0 Å². The molecule has 0 bridgehead atoms. The zero-order chi connectivity index (χ0) is 16.8. The molecule has 7 heteroatoms. The Labute approximate surface area is 136 Å². The SMILES string of the molecule is CCOCC1CCS(=O)(=O)C12CN(C(=O)c1cc(C)oc1C)C2. The summed E-state index contributed by atoms with van der Waals surface area (Å²) in [6.45, 7) is 6.98. The third-order valence-electron chi connectivity index (χ3n) is 5.10. The second-order valence-electron chi connectivity index (χ2n) is 6.52. The van der Waals surface area contributed by atoms with Gasteiger partial charge in [-0.2, -0.15) is 0 Å². The highest BCUT2D eigenvalue weighted by molar-refractivity contribution is 7.93. The second kappa shape index (κ2) is 5.63. The van der Waals surface area contributed by atoms with Crippen molar-refractivity contribution in [1.29, 1.82) is 0 Å². The first-order valence-electron chi connectivity index (χ1n) is 7.97. The van der Waals surface area contributed by atoms with Crippen LogP contribution in [-0.2, 0) is 14.6 Å². The minimum Gasteiger partial charge on any atom is -0.466 e. The number of rotatable bonds is 4. The van der Waals surface area contributed by atoms with Gasteiger partial charge in [-0.3, -0.25) is 4.79 Å². The predicted molar refractivity (Wildman–Crippen MR) is 85.2 cm³/mol. The number of sulfone groups is 1. The van der Waals surface area contributed by atoms with Gasteiger partial charge in [0.2, 0.25) is 0 Å². The molecule has 2 saturated heterocycles. The molecule has 1 aromatic heterocycles. The van der Waals surface area contributed by atoms with Gasteiger partial charge in [-0.15, -0.1) is 0 Å². The van der Waals surface area contributed by atoms with Gasteiger partial charge in [-0.05, 0) is 33.3 Å². The van der Waals surface area contributed by atoms with E-state index in [2.05, 4.69) is 0 Å². The number of carbonyl (C=O) groups is 1. The van der Waals surface area contributed by atoms with Crippen molar-refractivity contribution >= 4 is 15.7 Å². The lowest BCUT2D eigenvalue weighted by atomic mass is 9.83. The maximum absolute atomic E-state index is 12.6. The Morgan fingerprint density at radius 2 is 2.13 bits per heavy atom. The molecular weight excluding hydrogens is 318 g/mol. The minimum atomic E-state index is -3.18. The van der Waals surface area contributed by atoms with Crippen molar-refractivity contribution in [1.82, 2.24) is 4.90 Å². The molecule has 23 heavy (non-hydrogen) atoms. The van der Waals surface area contributed by atoms with E-state index in [0.717, 1.165) is 0 Å². The third kappa shape index (κ3) is 2.50. The molecule has 1 spiro atoms. The summed E-state index contributed by atoms with van der Waals surface area (Å²) in [5, 5.41) is 0. The number of ether oxygens (including phenoxy) is 1. The molecule has 0 saturated carbocycles. The Hall–Kier alpha value is -1.34. The van der Waals surface area contributed by atoms with Crippen LogP contribution in [0.5, 0.6) is 0 Å². The lowest BCUT2D eigenvalue weighted by molar-refractivity contribution is 0.0269. The highest BCUT2D eigenvalue weighted by Crippen LogP contribution is 2.45. The Balaban J connectivity index is 1.77. The minimum absolute atomic E-state index is 0.0244. The number of aryl methyl sites for hydroxylation is 2. The molecular formula is C16H23NO5S. The Morgan fingerprint density at radius 1 is 1.43 bits per heavy atom. The number of hydrogen-bond donors (Lipinski definition) is 0. The highest BCUT2D eigenvalue weighted by Gasteiger charge is 2.62. The van der Waals surface area contributed by atoms with Crippen molar-refractivity contribution in [2.75, 3.05) is 32.1 Å². The van der Waals surface area contributed by atoms with Crippen LogP contribution in [0.3, 0.4) is 0 Å². The van der Waals surface area contributed by atoms with Crippen molar-refractivity contribution in [3.05, 3.63) is 23.2 Å². The van der Waals surface area contributed by atoms with Crippen molar-refractivity contribution in [2.45, 2.75) is 31.9 Å². The standard InChI is InChI=1S/C16H23NO5S/c1-4-21-8-13-5-6-23(19,20)16(13)9-17(10-16)15(18)14-7-11(2)22-12(14)3/h7,13H,4-6,8-10H2,1-3H3. The molecule has 2 aliphatic rings. The number of nitrogens with zero attached hydrogens (tertiary/aromatic N) is 1. The van der Waals surface area contributed by atoms with E-state index in [1.54, 1.807) is 24.8 Å². The zero-order valence-electron chi connectivity index (χ0n) is 13.8. The van der Waals surface area contributed by atoms with Crippen molar-refractivity contribution in [3.8, 4) is 0 Å². The fraction of sp³-hybridized carbons (Fsp3) is 0.688. The zero-order valence-corrected chi connectivity index (χ0v) is 14.6. The summed E-state index contributed by atoms with van der Waals surface area (Å²) in [6.07, 6.45) is 0.619. The van der Waals surface area contributed by atoms with E-state index >= 15 is 0 Å². The fourth-order valence-electron chi connectivity index (χ4n) is 3.72. The predicted octanol–water partition coefficient (Wildman–Crippen LogP) is 1.56. The lowest BCUT2D eigenvalue weighted by Crippen LogP contribution is -2.68. The van der Waals surface area contributed by atoms with Gasteiger partial charge < -0.3 is 14.1 Å². The van der Waals surface area contributed by atoms with Crippen molar-refractivity contribution in [2.24, 2.45) is 5.92 Å². The van der Waals surface area contributed by atoms with Gasteiger partial charge in [0.15, 0.2) is 9.84 Å². The van der Waals surface area contributed by atoms with E-state index in [4.69, 9.17) is 9.15 Å². The molecule has 0 aromatic carbocycles. The van der Waals surface area contributed by atoms with E-state index in [1.807, 2.05) is 6.92 Å². The molecule has 6 nitrogen and oxygen atoms in total. The molecule has 1 atom stereocenters. The molecule has 1 aromatic rings. The lowest BCUT2D eigenvalue weighted by Gasteiger charge is -2.49. The summed E-state index contributed by atoms with van der Waals surface area (Å²) in [5.41, 5.74) is 0.522. The smallest absolute Gasteiger partial charge is 0.257 e. The Kier molecular flexibility index (Phi) is 4.04. The van der Waals surface area contributed by atoms with Crippen LogP contribution < -0.4 is 0 Å². The number of carbonyl (C=O) groups excluding carboxylic acids is 1. The third-order valence-corrected chi connectivity index (χ3v) is 7.70. The number of furan rings is 1. The summed E-state index contributed by atoms with van der Waals surface area (Å²) in [4.78, 5) is 14.2. The van der Waals surface area contributed by atoms with Gasteiger partial charge in [0.1, 0.15) is 16.3 Å². The quantitative estimate of drug-likeness (QED) is 0.831. The Morgan fingerprint density at radius 3 is 2.70 bits per heavy atom. The molecule has 0 aliphatic carbocycles. The van der Waals surface area contributed by atoms with Crippen LogP contribution in [-0.4, -0.2) is 56.0 Å². The van der Waals surface area contributed by atoms with Crippen molar-refractivity contribution in [3.63, 3.8) is 0 Å². The second-order valence-corrected chi connectivity index (χ2v) is 8.97. The summed E-state index contributed by atoms with van der Waals surface area (Å²) >= 11 is 0. The number of likely N-dealkylation sites (tertiary alicyclic amines) is 1. The normalized spacial score (nSPS) is 24.8. The average molecular weight is 341 g/mol. The summed E-state index contributed by atoms with van der Waals surface area (Å²) < 4.78 is 35.1. The van der Waals surface area contributed by atoms with E-state index < -0.39 is 14.6 Å². The summed E-state index contributed by atoms with van der Waals surface area (Å²) in [6, 6.07) is 1.71. The summed E-state index contributed by atoms with van der Waals surface area (Å²) in [5.74, 6) is 1.28. The van der Waals surface area contributed by atoms with Gasteiger partial charge in [0.05, 0.1) is 17.9 Å². The molecule has 3 rings (SSSR count). The molecule has 1 unspecified atom stereocenters. The Bertz CT molecular complexity index is 715. The molecule has 2 aliphatic heterocycles. The van der Waals surface area contributed by atoms with Crippen molar-refractivity contribution < 1.29 is 22.4 Å². The monoisotopic (exact) mass is 341 g/mol. The van der Waals surface area contributed by atoms with Gasteiger partial charge in [0.25, 0.3) is 5.91 Å². The van der Waals surface area contributed by atoms with Crippen LogP contribution in [0.15, 0.2) is 10.5 Å². The van der Waals surface area contributed by atoms with E-state index in [0.29, 0.717) is 36.7 Å². The number of hydrogen-bond acceptors (Lipinski definition) is 5. The van der Waals surface area contributed by atoms with Crippen LogP contribution in [0, 0.1) is 19.8 Å². The summed E-state index contributed by atoms with van der Waals surface area (Å²) in [7, 11) is -3.18. The topological polar surface area (TPSA) is 76.8 Å². The molecule has 0 radical (unpaired) electrons. The maximum Gasteiger partial charge on any atom is 0.257 e. The van der Waals surface area contributed by atoms with Crippen LogP contribution in [0.1, 0.15) is 35.2 Å². The molecule has 2 fully saturated rings. The van der Waals surface area contributed by atoms with Gasteiger partial charge in [-0.25, -0.2) is 8.42 Å². The van der Waals surface area contributed by atoms with E-state index in [9.17, 15) is 13.2 Å². The first-order valence-corrected chi connectivity index (χ1v) is 9.62. The first-order chi connectivity index (χ1) is 10.8. The van der Waals surface area contributed by atoms with Crippen LogP contribution in [0.4, 0.5) is 0 Å². The van der Waals surface area contributed by atoms with Gasteiger partial charge in [-0.1, -0.05) is 0 Å². The fourth-order valence-corrected chi connectivity index (χ4v) is 6.12. The molecule has 0 N–H and O–H groups in total. The van der Waals surface area contributed by atoms with E-state index in [1.165, 1.54) is 0 Å². The molecule has 3 heterocycles. The molecule has 128 valence electrons. The highest BCUT2D eigenvalue weighted by atomic mass is 32.2. The number of amides is 1. The maximum atomic E-state index is 12.6. The van der Waals surface area contributed by atoms with E-state index in [-0.39, 0.29) is 30.7 Å². The first kappa shape index (κ1) is 16.5. The largest absolute Gasteiger partial charge is 0.466 e. The van der Waals surface area contributed by atoms with Gasteiger partial charge in [0, 0.05) is 25.6 Å². The van der Waals surface area contributed by atoms with Crippen LogP contribution in [0.2, 0.25) is 0 Å². The molecule has 1 amide bonds. The average Bonchev–Trinajstić information content (AvgIpc) is 2.90. The van der Waals surface area contributed by atoms with Gasteiger partial charge >= 0.3 is 0 Å².